The Morgan fingerprint density at radius 2 is 2.21 bits per heavy atom. The largest absolute Gasteiger partial charge is 0.383 e. The lowest BCUT2D eigenvalue weighted by atomic mass is 10.2. The van der Waals surface area contributed by atoms with Crippen LogP contribution in [0.25, 0.3) is 0 Å². The van der Waals surface area contributed by atoms with E-state index in [4.69, 9.17) is 23.1 Å². The molecule has 5 N–H and O–H groups in total. The lowest BCUT2D eigenvalue weighted by molar-refractivity contribution is 0.713. The highest BCUT2D eigenvalue weighted by molar-refractivity contribution is 6.31. The van der Waals surface area contributed by atoms with Gasteiger partial charge < -0.3 is 16.8 Å². The second-order valence-electron chi connectivity index (χ2n) is 3.29. The van der Waals surface area contributed by atoms with Gasteiger partial charge in [-0.15, -0.1) is 0 Å². The topological polar surface area (TPSA) is 64.1 Å². The Balaban J connectivity index is 2.63. The molecule has 0 heterocycles. The van der Waals surface area contributed by atoms with Crippen LogP contribution in [0.15, 0.2) is 18.2 Å². The average Bonchev–Trinajstić information content (AvgIpc) is 2.20. The van der Waals surface area contributed by atoms with Crippen LogP contribution in [-0.2, 0) is 0 Å². The van der Waals surface area contributed by atoms with Gasteiger partial charge in [-0.1, -0.05) is 17.7 Å². The van der Waals surface area contributed by atoms with Crippen molar-refractivity contribution in [1.29, 1.82) is 0 Å². The van der Waals surface area contributed by atoms with Crippen molar-refractivity contribution in [2.75, 3.05) is 18.4 Å². The molecule has 1 aromatic carbocycles. The van der Waals surface area contributed by atoms with Gasteiger partial charge in [0.2, 0.25) is 0 Å². The Morgan fingerprint density at radius 1 is 1.50 bits per heavy atom. The molecule has 3 nitrogen and oxygen atoms in total. The molecule has 78 valence electrons. The van der Waals surface area contributed by atoms with Gasteiger partial charge in [0, 0.05) is 29.8 Å². The maximum Gasteiger partial charge on any atom is 0.0455 e. The number of halogens is 1. The van der Waals surface area contributed by atoms with Crippen molar-refractivity contribution in [3.8, 4) is 0 Å². The molecule has 1 rings (SSSR count). The molecular weight excluding hydrogens is 198 g/mol. The van der Waals surface area contributed by atoms with Gasteiger partial charge in [0.05, 0.1) is 0 Å². The van der Waals surface area contributed by atoms with Crippen molar-refractivity contribution in [3.05, 3.63) is 28.8 Å². The maximum atomic E-state index is 5.97. The number of anilines is 1. The molecule has 1 atom stereocenters. The first kappa shape index (κ1) is 11.3. The molecule has 14 heavy (non-hydrogen) atoms. The molecule has 0 aromatic heterocycles. The summed E-state index contributed by atoms with van der Waals surface area (Å²) in [6.45, 7) is 3.11. The standard InChI is InChI=1S/C10H16ClN3/c1-7-9(11)3-2-4-10(7)14-6-8(13)5-12/h2-4,8,14H,5-6,12-13H2,1H3. The minimum Gasteiger partial charge on any atom is -0.383 e. The van der Waals surface area contributed by atoms with Crippen LogP contribution in [0, 0.1) is 6.92 Å². The molecular formula is C10H16ClN3. The van der Waals surface area contributed by atoms with Gasteiger partial charge in [-0.25, -0.2) is 0 Å². The summed E-state index contributed by atoms with van der Waals surface area (Å²) in [6.07, 6.45) is 0. The fraction of sp³-hybridized carbons (Fsp3) is 0.400. The minimum atomic E-state index is -0.0200. The third-order valence-corrected chi connectivity index (χ3v) is 2.53. The molecule has 0 saturated carbocycles. The van der Waals surface area contributed by atoms with Crippen molar-refractivity contribution in [1.82, 2.24) is 0 Å². The highest BCUT2D eigenvalue weighted by atomic mass is 35.5. The van der Waals surface area contributed by atoms with Crippen LogP contribution in [-0.4, -0.2) is 19.1 Å². The van der Waals surface area contributed by atoms with E-state index in [-0.39, 0.29) is 6.04 Å². The SMILES string of the molecule is Cc1c(Cl)cccc1NCC(N)CN. The van der Waals surface area contributed by atoms with Gasteiger partial charge in [0.1, 0.15) is 0 Å². The Kier molecular flexibility index (Phi) is 4.20. The van der Waals surface area contributed by atoms with Crippen LogP contribution in [0.1, 0.15) is 5.56 Å². The number of nitrogens with one attached hydrogen (secondary N) is 1. The Bertz CT molecular complexity index is 301. The van der Waals surface area contributed by atoms with Gasteiger partial charge in [-0.2, -0.15) is 0 Å². The van der Waals surface area contributed by atoms with E-state index in [1.807, 2.05) is 25.1 Å². The summed E-state index contributed by atoms with van der Waals surface area (Å²) in [4.78, 5) is 0. The molecule has 0 fully saturated rings. The van der Waals surface area contributed by atoms with Gasteiger partial charge in [-0.3, -0.25) is 0 Å². The van der Waals surface area contributed by atoms with Gasteiger partial charge in [-0.05, 0) is 24.6 Å². The quantitative estimate of drug-likeness (QED) is 0.708. The highest BCUT2D eigenvalue weighted by Crippen LogP contribution is 2.22. The predicted octanol–water partition coefficient (Wildman–Crippen LogP) is 1.35. The Labute approximate surface area is 89.4 Å². The molecule has 0 amide bonds. The summed E-state index contributed by atoms with van der Waals surface area (Å²) in [6, 6.07) is 5.73. The number of hydrogen-bond donors (Lipinski definition) is 3. The van der Waals surface area contributed by atoms with Crippen LogP contribution in [0.4, 0.5) is 5.69 Å². The zero-order valence-electron chi connectivity index (χ0n) is 8.26. The van der Waals surface area contributed by atoms with E-state index < -0.39 is 0 Å². The Hall–Kier alpha value is -0.770. The first-order valence-electron chi connectivity index (χ1n) is 4.59. The lowest BCUT2D eigenvalue weighted by Gasteiger charge is -2.13. The highest BCUT2D eigenvalue weighted by Gasteiger charge is 2.03. The first-order valence-corrected chi connectivity index (χ1v) is 4.97. The molecule has 1 aromatic rings. The molecule has 0 aliphatic heterocycles. The van der Waals surface area contributed by atoms with Crippen LogP contribution in [0.5, 0.6) is 0 Å². The monoisotopic (exact) mass is 213 g/mol. The normalized spacial score (nSPS) is 12.6. The molecule has 0 spiro atoms. The molecule has 4 heteroatoms. The predicted molar refractivity (Wildman–Crippen MR) is 61.7 cm³/mol. The minimum absolute atomic E-state index is 0.0200. The average molecular weight is 214 g/mol. The summed E-state index contributed by atoms with van der Waals surface area (Å²) in [5, 5.41) is 3.98. The van der Waals surface area contributed by atoms with E-state index in [9.17, 15) is 0 Å². The summed E-state index contributed by atoms with van der Waals surface area (Å²) in [5.41, 5.74) is 13.2. The van der Waals surface area contributed by atoms with E-state index in [0.717, 1.165) is 16.3 Å². The summed E-state index contributed by atoms with van der Waals surface area (Å²) >= 11 is 5.97. The van der Waals surface area contributed by atoms with E-state index in [1.165, 1.54) is 0 Å². The summed E-state index contributed by atoms with van der Waals surface area (Å²) in [7, 11) is 0. The molecule has 1 unspecified atom stereocenters. The fourth-order valence-corrected chi connectivity index (χ4v) is 1.30. The van der Waals surface area contributed by atoms with Crippen LogP contribution in [0.2, 0.25) is 5.02 Å². The number of rotatable bonds is 4. The smallest absolute Gasteiger partial charge is 0.0455 e. The summed E-state index contributed by atoms with van der Waals surface area (Å²) in [5.74, 6) is 0. The maximum absolute atomic E-state index is 5.97. The molecule has 0 radical (unpaired) electrons. The third-order valence-electron chi connectivity index (χ3n) is 2.13. The van der Waals surface area contributed by atoms with Crippen molar-refractivity contribution >= 4 is 17.3 Å². The van der Waals surface area contributed by atoms with Crippen LogP contribution in [0.3, 0.4) is 0 Å². The van der Waals surface area contributed by atoms with Crippen molar-refractivity contribution in [3.63, 3.8) is 0 Å². The molecule has 0 bridgehead atoms. The van der Waals surface area contributed by atoms with Gasteiger partial charge >= 0.3 is 0 Å². The van der Waals surface area contributed by atoms with E-state index >= 15 is 0 Å². The van der Waals surface area contributed by atoms with Crippen molar-refractivity contribution < 1.29 is 0 Å². The van der Waals surface area contributed by atoms with Gasteiger partial charge in [0.25, 0.3) is 0 Å². The zero-order valence-corrected chi connectivity index (χ0v) is 9.01. The third kappa shape index (κ3) is 2.87. The van der Waals surface area contributed by atoms with E-state index in [0.29, 0.717) is 13.1 Å². The number of benzene rings is 1. The zero-order chi connectivity index (χ0) is 10.6. The molecule has 0 aliphatic carbocycles. The second-order valence-corrected chi connectivity index (χ2v) is 3.70. The first-order chi connectivity index (χ1) is 6.65. The molecule has 0 aliphatic rings. The van der Waals surface area contributed by atoms with E-state index in [2.05, 4.69) is 5.32 Å². The van der Waals surface area contributed by atoms with Crippen LogP contribution >= 0.6 is 11.6 Å². The molecule has 0 saturated heterocycles. The fourth-order valence-electron chi connectivity index (χ4n) is 1.12. The van der Waals surface area contributed by atoms with Crippen molar-refractivity contribution in [2.24, 2.45) is 11.5 Å². The van der Waals surface area contributed by atoms with Crippen molar-refractivity contribution in [2.45, 2.75) is 13.0 Å². The van der Waals surface area contributed by atoms with Gasteiger partial charge in [0.15, 0.2) is 0 Å². The number of hydrogen-bond acceptors (Lipinski definition) is 3. The Morgan fingerprint density at radius 3 is 2.86 bits per heavy atom. The number of nitrogens with two attached hydrogens (primary N) is 2. The second kappa shape index (κ2) is 5.20. The summed E-state index contributed by atoms with van der Waals surface area (Å²) < 4.78 is 0. The van der Waals surface area contributed by atoms with Crippen LogP contribution < -0.4 is 16.8 Å². The van der Waals surface area contributed by atoms with E-state index in [1.54, 1.807) is 0 Å². The lowest BCUT2D eigenvalue weighted by Crippen LogP contribution is -2.36.